The highest BCUT2D eigenvalue weighted by Crippen LogP contribution is 2.32. The third-order valence-corrected chi connectivity index (χ3v) is 4.01. The van der Waals surface area contributed by atoms with Gasteiger partial charge >= 0.3 is 11.9 Å². The summed E-state index contributed by atoms with van der Waals surface area (Å²) in [6, 6.07) is 11.7. The van der Waals surface area contributed by atoms with Crippen molar-refractivity contribution in [1.29, 1.82) is 0 Å². The molecule has 140 valence electrons. The van der Waals surface area contributed by atoms with Crippen LogP contribution in [0.1, 0.15) is 13.8 Å². The molecule has 2 aromatic carbocycles. The van der Waals surface area contributed by atoms with Gasteiger partial charge in [-0.1, -0.05) is 23.2 Å². The van der Waals surface area contributed by atoms with Crippen molar-refractivity contribution in [2.75, 3.05) is 5.32 Å². The average molecular weight is 408 g/mol. The van der Waals surface area contributed by atoms with Gasteiger partial charge in [-0.15, -0.1) is 0 Å². The monoisotopic (exact) mass is 407 g/mol. The van der Waals surface area contributed by atoms with Crippen molar-refractivity contribution in [1.82, 2.24) is 0 Å². The first kappa shape index (κ1) is 19.1. The molecular weight excluding hydrogens is 393 g/mol. The summed E-state index contributed by atoms with van der Waals surface area (Å²) in [7, 11) is 0. The van der Waals surface area contributed by atoms with E-state index in [2.05, 4.69) is 5.32 Å². The normalized spacial score (nSPS) is 15.6. The molecule has 1 heterocycles. The van der Waals surface area contributed by atoms with Crippen molar-refractivity contribution in [2.24, 2.45) is 0 Å². The van der Waals surface area contributed by atoms with Crippen LogP contribution in [0, 0.1) is 0 Å². The fourth-order valence-corrected chi connectivity index (χ4v) is 2.69. The van der Waals surface area contributed by atoms with E-state index in [4.69, 9.17) is 37.4 Å². The number of ether oxygens (including phenoxy) is 3. The van der Waals surface area contributed by atoms with Crippen molar-refractivity contribution in [2.45, 2.75) is 19.6 Å². The van der Waals surface area contributed by atoms with Gasteiger partial charge in [-0.05, 0) is 42.5 Å². The molecule has 1 aliphatic heterocycles. The summed E-state index contributed by atoms with van der Waals surface area (Å²) in [6.45, 7) is 2.97. The van der Waals surface area contributed by atoms with Gasteiger partial charge in [0.2, 0.25) is 0 Å². The average Bonchev–Trinajstić information content (AvgIpc) is 2.57. The maximum Gasteiger partial charge on any atom is 0.350 e. The van der Waals surface area contributed by atoms with Gasteiger partial charge in [-0.3, -0.25) is 0 Å². The van der Waals surface area contributed by atoms with Gasteiger partial charge in [-0.2, -0.15) is 0 Å². The largest absolute Gasteiger partial charge is 0.456 e. The van der Waals surface area contributed by atoms with Crippen LogP contribution in [0.15, 0.2) is 54.2 Å². The Labute approximate surface area is 165 Å². The van der Waals surface area contributed by atoms with Crippen molar-refractivity contribution in [3.8, 4) is 11.5 Å². The second kappa shape index (κ2) is 7.50. The summed E-state index contributed by atoms with van der Waals surface area (Å²) < 4.78 is 15.7. The fourth-order valence-electron chi connectivity index (χ4n) is 2.24. The van der Waals surface area contributed by atoms with Crippen LogP contribution in [-0.4, -0.2) is 17.7 Å². The van der Waals surface area contributed by atoms with Crippen LogP contribution in [0.2, 0.25) is 10.0 Å². The van der Waals surface area contributed by atoms with Crippen LogP contribution < -0.4 is 10.1 Å². The number of carbonyl (C=O) groups is 2. The van der Waals surface area contributed by atoms with Gasteiger partial charge in [0, 0.05) is 30.8 Å². The topological polar surface area (TPSA) is 73.9 Å². The summed E-state index contributed by atoms with van der Waals surface area (Å²) in [6.07, 6.45) is 1.24. The first-order valence-corrected chi connectivity index (χ1v) is 8.65. The Hall–Kier alpha value is -2.70. The van der Waals surface area contributed by atoms with Crippen molar-refractivity contribution in [3.05, 3.63) is 64.3 Å². The zero-order valence-electron chi connectivity index (χ0n) is 14.4. The molecule has 0 aliphatic carbocycles. The molecule has 0 radical (unpaired) electrons. The number of benzene rings is 2. The number of esters is 2. The Bertz CT molecular complexity index is 900. The first-order valence-electron chi connectivity index (χ1n) is 7.90. The van der Waals surface area contributed by atoms with Gasteiger partial charge < -0.3 is 19.5 Å². The lowest BCUT2D eigenvalue weighted by molar-refractivity contribution is -0.222. The molecule has 8 heteroatoms. The lowest BCUT2D eigenvalue weighted by atomic mass is 10.2. The summed E-state index contributed by atoms with van der Waals surface area (Å²) in [5, 5.41) is 3.76. The predicted octanol–water partition coefficient (Wildman–Crippen LogP) is 4.92. The van der Waals surface area contributed by atoms with E-state index >= 15 is 0 Å². The van der Waals surface area contributed by atoms with Gasteiger partial charge in [-0.25, -0.2) is 9.59 Å². The summed E-state index contributed by atoms with van der Waals surface area (Å²) in [5.74, 6) is -1.75. The van der Waals surface area contributed by atoms with Crippen LogP contribution >= 0.6 is 23.2 Å². The van der Waals surface area contributed by atoms with Gasteiger partial charge in [0.05, 0.1) is 5.02 Å². The predicted molar refractivity (Wildman–Crippen MR) is 101 cm³/mol. The van der Waals surface area contributed by atoms with Gasteiger partial charge in [0.15, 0.2) is 5.57 Å². The van der Waals surface area contributed by atoms with Crippen LogP contribution in [0.4, 0.5) is 5.69 Å². The third-order valence-electron chi connectivity index (χ3n) is 3.48. The fraction of sp³-hybridized carbons (Fsp3) is 0.158. The number of hydrogen-bond donors (Lipinski definition) is 1. The summed E-state index contributed by atoms with van der Waals surface area (Å²) in [5.41, 5.74) is 0.407. The highest BCUT2D eigenvalue weighted by molar-refractivity contribution is 6.35. The smallest absolute Gasteiger partial charge is 0.350 e. The number of anilines is 1. The molecule has 1 aliphatic rings. The number of halogens is 2. The Morgan fingerprint density at radius 1 is 1.00 bits per heavy atom. The Kier molecular flexibility index (Phi) is 5.30. The highest BCUT2D eigenvalue weighted by Gasteiger charge is 2.38. The lowest BCUT2D eigenvalue weighted by Crippen LogP contribution is -2.42. The number of rotatable bonds is 4. The van der Waals surface area contributed by atoms with E-state index in [1.54, 1.807) is 42.5 Å². The van der Waals surface area contributed by atoms with Crippen molar-refractivity contribution in [3.63, 3.8) is 0 Å². The van der Waals surface area contributed by atoms with Crippen LogP contribution in [0.25, 0.3) is 0 Å². The minimum Gasteiger partial charge on any atom is -0.456 e. The summed E-state index contributed by atoms with van der Waals surface area (Å²) in [4.78, 5) is 23.8. The summed E-state index contributed by atoms with van der Waals surface area (Å²) >= 11 is 11.9. The Balaban J connectivity index is 1.67. The zero-order valence-corrected chi connectivity index (χ0v) is 15.9. The molecule has 6 nitrogen and oxygen atoms in total. The van der Waals surface area contributed by atoms with Crippen molar-refractivity contribution < 1.29 is 23.8 Å². The maximum absolute atomic E-state index is 11.9. The minimum atomic E-state index is -1.27. The molecule has 0 amide bonds. The Morgan fingerprint density at radius 2 is 1.63 bits per heavy atom. The second-order valence-corrected chi connectivity index (χ2v) is 6.93. The second-order valence-electron chi connectivity index (χ2n) is 6.08. The van der Waals surface area contributed by atoms with E-state index in [1.165, 1.54) is 20.0 Å². The van der Waals surface area contributed by atoms with Gasteiger partial charge in [0.25, 0.3) is 5.79 Å². The van der Waals surface area contributed by atoms with Crippen molar-refractivity contribution >= 4 is 40.8 Å². The van der Waals surface area contributed by atoms with Crippen LogP contribution in [0.5, 0.6) is 11.5 Å². The highest BCUT2D eigenvalue weighted by atomic mass is 35.5. The quantitative estimate of drug-likeness (QED) is 0.440. The molecule has 0 saturated carbocycles. The molecule has 0 bridgehead atoms. The van der Waals surface area contributed by atoms with Crippen LogP contribution in [-0.2, 0) is 19.1 Å². The standard InChI is InChI=1S/C19H15Cl2NO5/c1-19(2)26-17(23)14(18(24)27-19)10-22-12-4-6-13(7-5-12)25-16-8-3-11(20)9-15(16)21/h3-10,22H,1-2H3. The number of carbonyl (C=O) groups excluding carboxylic acids is 2. The van der Waals surface area contributed by atoms with E-state index in [9.17, 15) is 9.59 Å². The molecular formula is C19H15Cl2NO5. The third kappa shape index (κ3) is 4.72. The van der Waals surface area contributed by atoms with E-state index in [0.29, 0.717) is 27.2 Å². The van der Waals surface area contributed by atoms with E-state index in [0.717, 1.165) is 0 Å². The van der Waals surface area contributed by atoms with Crippen LogP contribution in [0.3, 0.4) is 0 Å². The molecule has 1 N–H and O–H groups in total. The number of nitrogens with one attached hydrogen (secondary N) is 1. The van der Waals surface area contributed by atoms with E-state index in [-0.39, 0.29) is 5.57 Å². The molecule has 0 atom stereocenters. The Morgan fingerprint density at radius 3 is 2.22 bits per heavy atom. The van der Waals surface area contributed by atoms with E-state index in [1.807, 2.05) is 0 Å². The maximum atomic E-state index is 11.9. The molecule has 0 unspecified atom stereocenters. The molecule has 0 spiro atoms. The number of hydrogen-bond acceptors (Lipinski definition) is 6. The SMILES string of the molecule is CC1(C)OC(=O)C(=CNc2ccc(Oc3ccc(Cl)cc3Cl)cc2)C(=O)O1. The van der Waals surface area contributed by atoms with E-state index < -0.39 is 17.7 Å². The molecule has 1 saturated heterocycles. The molecule has 27 heavy (non-hydrogen) atoms. The molecule has 0 aromatic heterocycles. The molecule has 2 aromatic rings. The first-order chi connectivity index (χ1) is 12.7. The zero-order chi connectivity index (χ0) is 19.6. The molecule has 3 rings (SSSR count). The number of cyclic esters (lactones) is 2. The lowest BCUT2D eigenvalue weighted by Gasteiger charge is -2.29. The van der Waals surface area contributed by atoms with Gasteiger partial charge in [0.1, 0.15) is 11.5 Å². The minimum absolute atomic E-state index is 0.220. The molecule has 1 fully saturated rings.